The maximum Gasteiger partial charge on any atom is 0.356 e. The second-order valence-corrected chi connectivity index (χ2v) is 10.5. The second-order valence-electron chi connectivity index (χ2n) is 8.64. The number of likely N-dealkylation sites (N-methyl/N-ethyl adjacent to an activating group) is 1. The molecule has 2 N–H and O–H groups in total. The molecule has 10 nitrogen and oxygen atoms in total. The van der Waals surface area contributed by atoms with Crippen molar-refractivity contribution < 1.29 is 35.2 Å². The molecule has 2 rings (SSSR count). The van der Waals surface area contributed by atoms with Crippen LogP contribution in [0.3, 0.4) is 0 Å². The smallest absolute Gasteiger partial charge is 0.356 e. The Morgan fingerprint density at radius 2 is 1.70 bits per heavy atom. The zero-order valence-corrected chi connectivity index (χ0v) is 20.4. The number of hydrogen-bond acceptors (Lipinski definition) is 8. The van der Waals surface area contributed by atoms with E-state index in [1.54, 1.807) is 6.33 Å². The van der Waals surface area contributed by atoms with E-state index in [4.69, 9.17) is 19.5 Å². The van der Waals surface area contributed by atoms with E-state index in [-0.39, 0.29) is 37.1 Å². The summed E-state index contributed by atoms with van der Waals surface area (Å²) in [5.74, 6) is 0.331. The molecule has 0 amide bonds. The Morgan fingerprint density at radius 1 is 1.10 bits per heavy atom. The fourth-order valence-electron chi connectivity index (χ4n) is 2.95. The van der Waals surface area contributed by atoms with E-state index in [1.807, 2.05) is 32.3 Å². The number of halogens is 1. The highest BCUT2D eigenvalue weighted by molar-refractivity contribution is 7.53. The summed E-state index contributed by atoms with van der Waals surface area (Å²) in [5.41, 5.74) is 7.06. The quantitative estimate of drug-likeness (QED) is 0.350. The number of nitrogens with two attached hydrogens (primary N) is 1. The predicted molar refractivity (Wildman–Crippen MR) is 112 cm³/mol. The number of anilines is 1. The van der Waals surface area contributed by atoms with Crippen LogP contribution in [0.4, 0.5) is 5.82 Å². The average molecular weight is 465 g/mol. The summed E-state index contributed by atoms with van der Waals surface area (Å²) in [6, 6.07) is 0. The lowest BCUT2D eigenvalue weighted by Crippen LogP contribution is -3.00. The minimum Gasteiger partial charge on any atom is -1.00 e. The zero-order chi connectivity index (χ0) is 21.8. The highest BCUT2D eigenvalue weighted by Crippen LogP contribution is 2.50. The van der Waals surface area contributed by atoms with Crippen molar-refractivity contribution in [3.63, 3.8) is 0 Å². The van der Waals surface area contributed by atoms with E-state index in [2.05, 4.69) is 36.1 Å². The molecule has 0 aromatic carbocycles. The molecule has 0 saturated heterocycles. The van der Waals surface area contributed by atoms with Gasteiger partial charge in [0.15, 0.2) is 11.5 Å². The second kappa shape index (κ2) is 10.8. The van der Waals surface area contributed by atoms with Crippen LogP contribution >= 0.6 is 7.60 Å². The first-order chi connectivity index (χ1) is 13.4. The molecule has 2 heterocycles. The van der Waals surface area contributed by atoms with Gasteiger partial charge in [0, 0.05) is 0 Å². The van der Waals surface area contributed by atoms with E-state index in [0.717, 1.165) is 0 Å². The minimum absolute atomic E-state index is 0. The third-order valence-electron chi connectivity index (χ3n) is 3.79. The molecule has 1 atom stereocenters. The molecule has 0 fully saturated rings. The van der Waals surface area contributed by atoms with Crippen LogP contribution in [0.25, 0.3) is 11.2 Å². The molecule has 0 saturated carbocycles. The van der Waals surface area contributed by atoms with Crippen LogP contribution < -0.4 is 18.1 Å². The Labute approximate surface area is 184 Å². The number of quaternary nitrogens is 1. The van der Waals surface area contributed by atoms with Crippen molar-refractivity contribution in [1.29, 1.82) is 0 Å². The van der Waals surface area contributed by atoms with Gasteiger partial charge in [0.25, 0.3) is 0 Å². The van der Waals surface area contributed by atoms with Crippen molar-refractivity contribution in [2.45, 2.75) is 52.6 Å². The number of ether oxygens (including phenoxy) is 1. The Hall–Kier alpha value is -1.29. The van der Waals surface area contributed by atoms with E-state index in [1.165, 1.54) is 6.33 Å². The third-order valence-corrected chi connectivity index (χ3v) is 5.74. The summed E-state index contributed by atoms with van der Waals surface area (Å²) in [4.78, 5) is 12.6. The molecule has 0 radical (unpaired) electrons. The number of aromatic nitrogens is 4. The molecule has 30 heavy (non-hydrogen) atoms. The summed E-state index contributed by atoms with van der Waals surface area (Å²) >= 11 is 0. The van der Waals surface area contributed by atoms with Gasteiger partial charge < -0.3 is 41.0 Å². The van der Waals surface area contributed by atoms with E-state index < -0.39 is 7.60 Å². The average Bonchev–Trinajstić information content (AvgIpc) is 2.94. The van der Waals surface area contributed by atoms with Gasteiger partial charge >= 0.3 is 7.60 Å². The highest BCUT2D eigenvalue weighted by Gasteiger charge is 2.31. The SMILES string of the molecule is CC(C)OP(=O)(COC(Cn1cnc2c(N)ncnc21)C[N+](C)(C)C)OC(C)C.[Cl-]. The molecule has 1 unspecified atom stereocenters. The van der Waals surface area contributed by atoms with Crippen LogP contribution in [0.2, 0.25) is 0 Å². The summed E-state index contributed by atoms with van der Waals surface area (Å²) in [5, 5.41) is 0. The zero-order valence-electron chi connectivity index (χ0n) is 18.8. The fraction of sp³-hybridized carbons (Fsp3) is 0.722. The molecule has 0 aliphatic heterocycles. The summed E-state index contributed by atoms with van der Waals surface area (Å²) < 4.78 is 32.9. The van der Waals surface area contributed by atoms with Crippen LogP contribution in [-0.4, -0.2) is 76.3 Å². The van der Waals surface area contributed by atoms with Crippen LogP contribution in [-0.2, 0) is 24.9 Å². The standard InChI is InChI=1S/C18H34N6O4P.ClH/c1-13(2)27-29(25,28-14(3)4)12-26-15(9-24(5,6)7)8-23-11-22-16-17(19)20-10-21-18(16)23;/h10-11,13-15H,8-9,12H2,1-7H3,(H2,19,20,21);1H/q+1;/p-1. The highest BCUT2D eigenvalue weighted by atomic mass is 35.5. The lowest BCUT2D eigenvalue weighted by atomic mass is 10.3. The van der Waals surface area contributed by atoms with Crippen molar-refractivity contribution in [3.8, 4) is 0 Å². The van der Waals surface area contributed by atoms with Gasteiger partial charge in [0.1, 0.15) is 30.8 Å². The number of fused-ring (bicyclic) bond motifs is 1. The molecule has 2 aromatic heterocycles. The van der Waals surface area contributed by atoms with Gasteiger partial charge in [-0.15, -0.1) is 0 Å². The predicted octanol–water partition coefficient (Wildman–Crippen LogP) is -0.495. The van der Waals surface area contributed by atoms with E-state index in [0.29, 0.717) is 34.6 Å². The molecular formula is C18H34ClN6O4P. The summed E-state index contributed by atoms with van der Waals surface area (Å²) in [7, 11) is 2.80. The van der Waals surface area contributed by atoms with Gasteiger partial charge in [-0.3, -0.25) is 4.57 Å². The molecule has 0 aliphatic carbocycles. The Morgan fingerprint density at radius 3 is 2.23 bits per heavy atom. The molecule has 12 heteroatoms. The number of nitrogens with zero attached hydrogens (tertiary/aromatic N) is 5. The third kappa shape index (κ3) is 8.09. The molecule has 172 valence electrons. The summed E-state index contributed by atoms with van der Waals surface area (Å²) in [6.45, 7) is 8.42. The number of imidazole rings is 1. The number of hydrogen-bond donors (Lipinski definition) is 1. The lowest BCUT2D eigenvalue weighted by Gasteiger charge is -2.31. The van der Waals surface area contributed by atoms with Crippen molar-refractivity contribution in [3.05, 3.63) is 12.7 Å². The van der Waals surface area contributed by atoms with E-state index in [9.17, 15) is 4.57 Å². The first-order valence-electron chi connectivity index (χ1n) is 9.68. The van der Waals surface area contributed by atoms with Crippen LogP contribution in [0.1, 0.15) is 27.7 Å². The van der Waals surface area contributed by atoms with Gasteiger partial charge in [0.2, 0.25) is 0 Å². The number of nitrogen functional groups attached to an aromatic ring is 1. The molecule has 0 bridgehead atoms. The fourth-order valence-corrected chi connectivity index (χ4v) is 4.80. The monoisotopic (exact) mass is 464 g/mol. The van der Waals surface area contributed by atoms with Gasteiger partial charge in [0.05, 0.1) is 46.2 Å². The Balaban J connectivity index is 0.00000450. The largest absolute Gasteiger partial charge is 1.00 e. The van der Waals surface area contributed by atoms with Gasteiger partial charge in [-0.1, -0.05) is 0 Å². The van der Waals surface area contributed by atoms with E-state index >= 15 is 0 Å². The molecule has 0 spiro atoms. The maximum absolute atomic E-state index is 13.1. The van der Waals surface area contributed by atoms with Crippen molar-refractivity contribution in [1.82, 2.24) is 19.5 Å². The van der Waals surface area contributed by atoms with Gasteiger partial charge in [-0.25, -0.2) is 15.0 Å². The number of rotatable bonds is 11. The van der Waals surface area contributed by atoms with Crippen LogP contribution in [0, 0.1) is 0 Å². The maximum atomic E-state index is 13.1. The first kappa shape index (κ1) is 26.7. The molecule has 2 aromatic rings. The first-order valence-corrected chi connectivity index (χ1v) is 11.4. The topological polar surface area (TPSA) is 114 Å². The summed E-state index contributed by atoms with van der Waals surface area (Å²) in [6.07, 6.45) is 2.19. The lowest BCUT2D eigenvalue weighted by molar-refractivity contribution is -0.873. The van der Waals surface area contributed by atoms with Crippen molar-refractivity contribution >= 4 is 24.6 Å². The van der Waals surface area contributed by atoms with Crippen LogP contribution in [0.15, 0.2) is 12.7 Å². The Kier molecular flexibility index (Phi) is 9.66. The van der Waals surface area contributed by atoms with Crippen molar-refractivity contribution in [2.75, 3.05) is 39.8 Å². The molecular weight excluding hydrogens is 431 g/mol. The normalized spacial score (nSPS) is 13.8. The Bertz CT molecular complexity index is 841. The van der Waals surface area contributed by atoms with Gasteiger partial charge in [-0.2, -0.15) is 0 Å². The minimum atomic E-state index is -3.40. The van der Waals surface area contributed by atoms with Crippen LogP contribution in [0.5, 0.6) is 0 Å². The van der Waals surface area contributed by atoms with Gasteiger partial charge in [-0.05, 0) is 27.7 Å². The molecule has 0 aliphatic rings. The van der Waals surface area contributed by atoms with Crippen molar-refractivity contribution in [2.24, 2.45) is 0 Å².